The molecule has 1 aromatic heterocycles. The van der Waals surface area contributed by atoms with Gasteiger partial charge in [-0.15, -0.1) is 11.3 Å². The first-order valence-electron chi connectivity index (χ1n) is 12.8. The topological polar surface area (TPSA) is 103 Å². The third kappa shape index (κ3) is 6.32. The molecule has 0 unspecified atom stereocenters. The Balaban J connectivity index is 1.68. The third-order valence-electron chi connectivity index (χ3n) is 7.16. The average Bonchev–Trinajstić information content (AvgIpc) is 3.30. The van der Waals surface area contributed by atoms with Crippen LogP contribution in [0.1, 0.15) is 63.6 Å². The number of amides is 1. The number of benzene rings is 1. The van der Waals surface area contributed by atoms with Gasteiger partial charge in [0.05, 0.1) is 33.2 Å². The number of anilines is 1. The van der Waals surface area contributed by atoms with Crippen molar-refractivity contribution >= 4 is 32.8 Å². The van der Waals surface area contributed by atoms with E-state index in [9.17, 15) is 17.6 Å². The summed E-state index contributed by atoms with van der Waals surface area (Å²) in [7, 11) is -2.96. The molecule has 1 N–H and O–H groups in total. The smallest absolute Gasteiger partial charge is 0.224 e. The Labute approximate surface area is 223 Å². The van der Waals surface area contributed by atoms with Gasteiger partial charge in [-0.05, 0) is 43.9 Å². The first-order chi connectivity index (χ1) is 17.4. The van der Waals surface area contributed by atoms with Crippen LogP contribution in [0.2, 0.25) is 0 Å². The number of alkyl halides is 1. The van der Waals surface area contributed by atoms with Gasteiger partial charge in [0.25, 0.3) is 0 Å². The van der Waals surface area contributed by atoms with E-state index in [1.54, 1.807) is 18.3 Å². The molecule has 1 saturated carbocycles. The number of sulfone groups is 1. The minimum Gasteiger partial charge on any atom is -0.369 e. The summed E-state index contributed by atoms with van der Waals surface area (Å²) < 4.78 is 38.1. The number of halogens is 1. The van der Waals surface area contributed by atoms with Crippen LogP contribution in [-0.4, -0.2) is 56.1 Å². The molecule has 2 heterocycles. The lowest BCUT2D eigenvalue weighted by atomic mass is 9.75. The molecule has 1 amide bonds. The van der Waals surface area contributed by atoms with E-state index in [1.807, 2.05) is 30.3 Å². The number of nitriles is 1. The van der Waals surface area contributed by atoms with Crippen molar-refractivity contribution in [2.45, 2.75) is 70.5 Å². The Kier molecular flexibility index (Phi) is 7.96. The molecule has 4 rings (SSSR count). The van der Waals surface area contributed by atoms with Crippen LogP contribution >= 0.6 is 11.3 Å². The van der Waals surface area contributed by atoms with Crippen LogP contribution in [0.25, 0.3) is 10.4 Å². The molecule has 200 valence electrons. The number of rotatable bonds is 5. The predicted octanol–water partition coefficient (Wildman–Crippen LogP) is 4.59. The van der Waals surface area contributed by atoms with Gasteiger partial charge < -0.3 is 10.2 Å². The van der Waals surface area contributed by atoms with Crippen LogP contribution in [0.3, 0.4) is 0 Å². The maximum absolute atomic E-state index is 14.5. The fraction of sp³-hybridized carbons (Fsp3) is 0.593. The van der Waals surface area contributed by atoms with Gasteiger partial charge in [0.1, 0.15) is 12.2 Å². The minimum atomic E-state index is -2.96. The number of hydrogen-bond acceptors (Lipinski definition) is 7. The number of aromatic nitrogens is 1. The van der Waals surface area contributed by atoms with Crippen molar-refractivity contribution in [2.24, 2.45) is 5.92 Å². The van der Waals surface area contributed by atoms with Gasteiger partial charge in [0.2, 0.25) is 5.91 Å². The summed E-state index contributed by atoms with van der Waals surface area (Å²) in [4.78, 5) is 21.2. The maximum atomic E-state index is 14.5. The van der Waals surface area contributed by atoms with Crippen molar-refractivity contribution in [1.29, 1.82) is 5.26 Å². The molecule has 0 spiro atoms. The van der Waals surface area contributed by atoms with Gasteiger partial charge >= 0.3 is 0 Å². The molecular formula is C27H35FN4O3S2. The lowest BCUT2D eigenvalue weighted by Gasteiger charge is -2.32. The molecule has 7 nitrogen and oxygen atoms in total. The largest absolute Gasteiger partial charge is 0.369 e. The second-order valence-electron chi connectivity index (χ2n) is 11.2. The fourth-order valence-electron chi connectivity index (χ4n) is 4.99. The normalized spacial score (nSPS) is 24.8. The van der Waals surface area contributed by atoms with Gasteiger partial charge in [-0.1, -0.05) is 32.9 Å². The van der Waals surface area contributed by atoms with Crippen LogP contribution in [0.4, 0.5) is 10.1 Å². The number of nitrogens with zero attached hydrogens (tertiary/aromatic N) is 3. The van der Waals surface area contributed by atoms with Crippen molar-refractivity contribution in [1.82, 2.24) is 10.3 Å². The summed E-state index contributed by atoms with van der Waals surface area (Å²) in [5, 5.41) is 12.8. The van der Waals surface area contributed by atoms with E-state index in [0.717, 1.165) is 26.8 Å². The number of carbonyl (C=O) groups excluding carboxylic acids is 1. The van der Waals surface area contributed by atoms with Crippen molar-refractivity contribution in [2.75, 3.05) is 29.5 Å². The molecule has 1 aliphatic heterocycles. The minimum absolute atomic E-state index is 0.118. The maximum Gasteiger partial charge on any atom is 0.224 e. The summed E-state index contributed by atoms with van der Waals surface area (Å²) >= 11 is 1.61. The van der Waals surface area contributed by atoms with E-state index in [0.29, 0.717) is 25.9 Å². The second kappa shape index (κ2) is 10.7. The lowest BCUT2D eigenvalue weighted by molar-refractivity contribution is -0.127. The van der Waals surface area contributed by atoms with Crippen LogP contribution in [0.5, 0.6) is 0 Å². The Hall–Kier alpha value is -2.51. The van der Waals surface area contributed by atoms with Crippen molar-refractivity contribution in [3.8, 4) is 16.5 Å². The van der Waals surface area contributed by atoms with Crippen molar-refractivity contribution in [3.63, 3.8) is 0 Å². The van der Waals surface area contributed by atoms with Gasteiger partial charge in [-0.25, -0.2) is 17.8 Å². The molecule has 2 aliphatic rings. The predicted molar refractivity (Wildman–Crippen MR) is 145 cm³/mol. The Morgan fingerprint density at radius 3 is 2.46 bits per heavy atom. The molecule has 1 aliphatic carbocycles. The highest BCUT2D eigenvalue weighted by molar-refractivity contribution is 7.91. The van der Waals surface area contributed by atoms with Crippen LogP contribution in [0, 0.1) is 17.2 Å². The Morgan fingerprint density at radius 2 is 1.86 bits per heavy atom. The van der Waals surface area contributed by atoms with E-state index < -0.39 is 28.0 Å². The van der Waals surface area contributed by atoms with Crippen LogP contribution < -0.4 is 10.2 Å². The number of carbonyl (C=O) groups is 1. The third-order valence-corrected chi connectivity index (χ3v) is 10.3. The molecule has 0 bridgehead atoms. The first-order valence-corrected chi connectivity index (χ1v) is 15.4. The number of hydrogen-bond donors (Lipinski definition) is 1. The zero-order chi connectivity index (χ0) is 27.0. The molecule has 4 atom stereocenters. The molecule has 1 saturated heterocycles. The highest BCUT2D eigenvalue weighted by Gasteiger charge is 2.40. The van der Waals surface area contributed by atoms with E-state index in [2.05, 4.69) is 31.0 Å². The van der Waals surface area contributed by atoms with Crippen molar-refractivity contribution in [3.05, 3.63) is 35.0 Å². The summed E-state index contributed by atoms with van der Waals surface area (Å²) in [6, 6.07) is 9.43. The second-order valence-corrected chi connectivity index (χ2v) is 14.5. The number of nitrogens with one attached hydrogen (secondary N) is 1. The van der Waals surface area contributed by atoms with E-state index in [4.69, 9.17) is 10.2 Å². The zero-order valence-electron chi connectivity index (χ0n) is 21.8. The molecule has 0 radical (unpaired) electrons. The molecule has 10 heteroatoms. The highest BCUT2D eigenvalue weighted by atomic mass is 32.2. The summed E-state index contributed by atoms with van der Waals surface area (Å²) in [6.45, 7) is 8.88. The monoisotopic (exact) mass is 546 g/mol. The standard InChI is InChI=1S/C27H35FN4O3S2/c1-17(16-29)30-25(33)22-15-19(28)7-10-21(22)23-24(36-26(31-23)27(2,3)4)18-5-8-20(9-6-18)32-11-13-37(34,35)14-12-32/h5-6,8-9,17,19,21-22H,7,10-15H2,1-4H3,(H,30,33)/t17-,19-,21+,22+/m0/s1. The first kappa shape index (κ1) is 27.5. The van der Waals surface area contributed by atoms with E-state index in [1.165, 1.54) is 0 Å². The SMILES string of the molecule is C[C@@H](C#N)NC(=O)[C@@H]1C[C@@H](F)CC[C@H]1c1nc(C(C)(C)C)sc1-c1ccc(N2CCS(=O)(=O)CC2)cc1. The molecule has 2 aromatic rings. The highest BCUT2D eigenvalue weighted by Crippen LogP contribution is 2.46. The lowest BCUT2D eigenvalue weighted by Crippen LogP contribution is -2.41. The molecule has 2 fully saturated rings. The zero-order valence-corrected chi connectivity index (χ0v) is 23.5. The Bertz CT molecular complexity index is 1260. The summed E-state index contributed by atoms with van der Waals surface area (Å²) in [6.07, 6.45) is -0.0455. The van der Waals surface area contributed by atoms with E-state index in [-0.39, 0.29) is 35.2 Å². The van der Waals surface area contributed by atoms with Crippen LogP contribution in [0.15, 0.2) is 24.3 Å². The number of thiazole rings is 1. The summed E-state index contributed by atoms with van der Waals surface area (Å²) in [5.74, 6) is -0.815. The van der Waals surface area contributed by atoms with Gasteiger partial charge in [0, 0.05) is 36.0 Å². The Morgan fingerprint density at radius 1 is 1.22 bits per heavy atom. The average molecular weight is 547 g/mol. The molecule has 37 heavy (non-hydrogen) atoms. The molecule has 1 aromatic carbocycles. The van der Waals surface area contributed by atoms with Crippen molar-refractivity contribution < 1.29 is 17.6 Å². The van der Waals surface area contributed by atoms with Gasteiger partial charge in [-0.3, -0.25) is 4.79 Å². The van der Waals surface area contributed by atoms with Gasteiger partial charge in [-0.2, -0.15) is 5.26 Å². The fourth-order valence-corrected chi connectivity index (χ4v) is 7.39. The van der Waals surface area contributed by atoms with Gasteiger partial charge in [0.15, 0.2) is 9.84 Å². The van der Waals surface area contributed by atoms with Crippen LogP contribution in [-0.2, 0) is 20.0 Å². The summed E-state index contributed by atoms with van der Waals surface area (Å²) in [5.41, 5.74) is 2.58. The quantitative estimate of drug-likeness (QED) is 0.588. The van der Waals surface area contributed by atoms with E-state index >= 15 is 0 Å². The molecular weight excluding hydrogens is 511 g/mol.